The highest BCUT2D eigenvalue weighted by molar-refractivity contribution is 6.36. The van der Waals surface area contributed by atoms with Crippen LogP contribution in [0.1, 0.15) is 32.6 Å². The number of alkyl halides is 3. The van der Waals surface area contributed by atoms with Crippen LogP contribution in [-0.4, -0.2) is 56.2 Å². The lowest BCUT2D eigenvalue weighted by Gasteiger charge is -2.28. The van der Waals surface area contributed by atoms with Crippen molar-refractivity contribution in [1.29, 1.82) is 0 Å². The van der Waals surface area contributed by atoms with Gasteiger partial charge in [-0.25, -0.2) is 4.98 Å². The maximum Gasteiger partial charge on any atom is 0.417 e. The van der Waals surface area contributed by atoms with Gasteiger partial charge in [0.2, 0.25) is 5.95 Å². The van der Waals surface area contributed by atoms with Crippen LogP contribution in [0.15, 0.2) is 60.0 Å². The minimum atomic E-state index is -4.68. The van der Waals surface area contributed by atoms with Crippen LogP contribution < -0.4 is 15.5 Å². The molecule has 226 valence electrons. The number of hydrogen-bond donors (Lipinski definition) is 3. The van der Waals surface area contributed by atoms with Gasteiger partial charge in [-0.2, -0.15) is 23.3 Å². The van der Waals surface area contributed by atoms with E-state index in [1.165, 1.54) is 6.07 Å². The van der Waals surface area contributed by atoms with Crippen molar-refractivity contribution in [2.24, 2.45) is 12.0 Å². The molecule has 0 fully saturated rings. The number of anilines is 4. The van der Waals surface area contributed by atoms with E-state index in [1.54, 1.807) is 29.2 Å². The summed E-state index contributed by atoms with van der Waals surface area (Å²) in [5.41, 5.74) is 3.31. The van der Waals surface area contributed by atoms with E-state index >= 15 is 0 Å². The van der Waals surface area contributed by atoms with E-state index in [-0.39, 0.29) is 12.0 Å². The Hall–Kier alpha value is -5.24. The Kier molecular flexibility index (Phi) is 8.36. The second kappa shape index (κ2) is 12.2. The summed E-state index contributed by atoms with van der Waals surface area (Å²) < 4.78 is 41.6. The quantitative estimate of drug-likeness (QED) is 0.242. The molecular weight excluding hydrogens is 601 g/mol. The van der Waals surface area contributed by atoms with Crippen LogP contribution in [0.3, 0.4) is 0 Å². The zero-order valence-corrected chi connectivity index (χ0v) is 24.0. The third kappa shape index (κ3) is 6.24. The van der Waals surface area contributed by atoms with Crippen LogP contribution >= 0.6 is 11.6 Å². The van der Waals surface area contributed by atoms with Crippen molar-refractivity contribution in [2.75, 3.05) is 28.6 Å². The van der Waals surface area contributed by atoms with Crippen molar-refractivity contribution in [3.63, 3.8) is 0 Å². The number of nitrogens with one attached hydrogen (secondary N) is 2. The van der Waals surface area contributed by atoms with Gasteiger partial charge in [0, 0.05) is 48.4 Å². The first-order valence-electron chi connectivity index (χ1n) is 13.0. The molecule has 2 aliphatic heterocycles. The van der Waals surface area contributed by atoms with E-state index in [0.29, 0.717) is 24.7 Å². The Labute approximate surface area is 253 Å². The van der Waals surface area contributed by atoms with Crippen LogP contribution in [0, 0.1) is 6.92 Å². The number of carbonyl (C=O) groups excluding carboxylic acids is 1. The lowest BCUT2D eigenvalue weighted by atomic mass is 9.94. The van der Waals surface area contributed by atoms with Gasteiger partial charge in [-0.1, -0.05) is 17.7 Å². The summed E-state index contributed by atoms with van der Waals surface area (Å²) in [6, 6.07) is 8.38. The Balaban J connectivity index is 0.00000123. The molecule has 0 unspecified atom stereocenters. The molecule has 2 aliphatic rings. The summed E-state index contributed by atoms with van der Waals surface area (Å²) in [7, 11) is 1.82. The van der Waals surface area contributed by atoms with E-state index in [1.807, 2.05) is 37.2 Å². The SMILES string of the molecule is Cc1ccc(NC(=O)c2ccc(Cl)c(C(F)(F)F)c2)cc1C1=Cc2cnc(Nc3cnn(C)c3)nc2N2CCN=C12.O=CO. The van der Waals surface area contributed by atoms with Crippen LogP contribution in [-0.2, 0) is 18.0 Å². The zero-order chi connectivity index (χ0) is 31.6. The van der Waals surface area contributed by atoms with Gasteiger partial charge in [0.1, 0.15) is 11.7 Å². The van der Waals surface area contributed by atoms with E-state index < -0.39 is 22.7 Å². The first-order valence-corrected chi connectivity index (χ1v) is 13.4. The molecule has 0 radical (unpaired) electrons. The molecule has 44 heavy (non-hydrogen) atoms. The third-order valence-electron chi connectivity index (χ3n) is 6.71. The lowest BCUT2D eigenvalue weighted by molar-refractivity contribution is -0.137. The number of carbonyl (C=O) groups is 2. The van der Waals surface area contributed by atoms with E-state index in [9.17, 15) is 18.0 Å². The largest absolute Gasteiger partial charge is 0.483 e. The number of carboxylic acid groups (broad SMARTS) is 1. The lowest BCUT2D eigenvalue weighted by Crippen LogP contribution is -2.32. The van der Waals surface area contributed by atoms with Crippen molar-refractivity contribution in [2.45, 2.75) is 13.1 Å². The Bertz CT molecular complexity index is 1820. The van der Waals surface area contributed by atoms with E-state index in [4.69, 9.17) is 31.5 Å². The number of halogens is 4. The topological polar surface area (TPSA) is 138 Å². The van der Waals surface area contributed by atoms with Gasteiger partial charge in [-0.05, 0) is 54.5 Å². The van der Waals surface area contributed by atoms with Crippen molar-refractivity contribution >= 4 is 64.6 Å². The number of benzene rings is 2. The van der Waals surface area contributed by atoms with Crippen molar-refractivity contribution in [3.05, 3.63) is 87.8 Å². The fourth-order valence-electron chi connectivity index (χ4n) is 4.75. The number of aryl methyl sites for hydroxylation is 2. The van der Waals surface area contributed by atoms with Crippen LogP contribution in [0.25, 0.3) is 11.6 Å². The molecule has 0 aliphatic carbocycles. The Morgan fingerprint density at radius 1 is 1.14 bits per heavy atom. The molecular formula is C29H24ClF3N8O3. The highest BCUT2D eigenvalue weighted by Gasteiger charge is 2.34. The molecule has 11 nitrogen and oxygen atoms in total. The average molecular weight is 625 g/mol. The molecule has 2 aromatic carbocycles. The number of rotatable bonds is 5. The first-order chi connectivity index (χ1) is 21.0. The Morgan fingerprint density at radius 3 is 2.61 bits per heavy atom. The van der Waals surface area contributed by atoms with E-state index in [0.717, 1.165) is 51.7 Å². The van der Waals surface area contributed by atoms with Gasteiger partial charge in [-0.3, -0.25) is 19.3 Å². The van der Waals surface area contributed by atoms with Crippen LogP contribution in [0.4, 0.5) is 36.3 Å². The number of nitrogens with zero attached hydrogens (tertiary/aromatic N) is 6. The van der Waals surface area contributed by atoms with Gasteiger partial charge in [0.15, 0.2) is 0 Å². The van der Waals surface area contributed by atoms with Gasteiger partial charge < -0.3 is 20.6 Å². The number of fused-ring (bicyclic) bond motifs is 3. The fourth-order valence-corrected chi connectivity index (χ4v) is 4.98. The molecule has 0 saturated carbocycles. The summed E-state index contributed by atoms with van der Waals surface area (Å²) >= 11 is 5.71. The van der Waals surface area contributed by atoms with Gasteiger partial charge in [0.05, 0.1) is 29.0 Å². The maximum atomic E-state index is 13.3. The maximum absolute atomic E-state index is 13.3. The van der Waals surface area contributed by atoms with Crippen molar-refractivity contribution in [3.8, 4) is 0 Å². The Morgan fingerprint density at radius 2 is 1.91 bits per heavy atom. The second-order valence-corrected chi connectivity index (χ2v) is 10.1. The molecule has 0 spiro atoms. The smallest absolute Gasteiger partial charge is 0.417 e. The number of aromatic nitrogens is 4. The molecule has 15 heteroatoms. The van der Waals surface area contributed by atoms with E-state index in [2.05, 4.69) is 20.7 Å². The number of hydrogen-bond acceptors (Lipinski definition) is 8. The predicted octanol–water partition coefficient (Wildman–Crippen LogP) is 5.66. The minimum absolute atomic E-state index is 0.158. The predicted molar refractivity (Wildman–Crippen MR) is 160 cm³/mol. The molecule has 3 N–H and O–H groups in total. The zero-order valence-electron chi connectivity index (χ0n) is 23.2. The van der Waals surface area contributed by atoms with Crippen molar-refractivity contribution in [1.82, 2.24) is 19.7 Å². The molecule has 0 saturated heterocycles. The third-order valence-corrected chi connectivity index (χ3v) is 7.04. The highest BCUT2D eigenvalue weighted by Crippen LogP contribution is 2.38. The molecule has 0 atom stereocenters. The minimum Gasteiger partial charge on any atom is -0.483 e. The van der Waals surface area contributed by atoms with Crippen molar-refractivity contribution < 1.29 is 27.9 Å². The number of aliphatic imine (C=N–C) groups is 1. The fraction of sp³-hybridized carbons (Fsp3) is 0.172. The van der Waals surface area contributed by atoms with Crippen LogP contribution in [0.5, 0.6) is 0 Å². The summed E-state index contributed by atoms with van der Waals surface area (Å²) in [5.74, 6) is 1.20. The normalized spacial score (nSPS) is 13.5. The monoisotopic (exact) mass is 624 g/mol. The summed E-state index contributed by atoms with van der Waals surface area (Å²) in [5, 5.41) is 16.4. The van der Waals surface area contributed by atoms with Crippen LogP contribution in [0.2, 0.25) is 5.02 Å². The number of amidine groups is 1. The molecule has 2 aromatic heterocycles. The molecule has 1 amide bonds. The van der Waals surface area contributed by atoms with Gasteiger partial charge in [-0.15, -0.1) is 0 Å². The average Bonchev–Trinajstić information content (AvgIpc) is 3.63. The molecule has 6 rings (SSSR count). The number of amides is 1. The summed E-state index contributed by atoms with van der Waals surface area (Å²) in [6.45, 7) is 2.90. The molecule has 4 aromatic rings. The van der Waals surface area contributed by atoms with Gasteiger partial charge in [0.25, 0.3) is 12.4 Å². The summed E-state index contributed by atoms with van der Waals surface area (Å²) in [6.07, 6.45) is 2.50. The van der Waals surface area contributed by atoms with Gasteiger partial charge >= 0.3 is 6.18 Å². The second-order valence-electron chi connectivity index (χ2n) is 9.70. The molecule has 0 bridgehead atoms. The standard InChI is InChI=1S/C28H22ClF3N8O.CH2O2/c1-15-3-5-18(36-26(41)16-4-6-23(29)22(10-16)28(30,31)32)11-20(15)21-9-17-12-34-27(37-19-13-35-39(2)14-19)38-24(17)40-8-7-33-25(21)40;2-1-3/h3-6,9-14H,7-8H2,1-2H3,(H,36,41)(H,34,37,38);1H,(H,2,3). The molecule has 4 heterocycles. The first kappa shape index (κ1) is 30.2. The summed E-state index contributed by atoms with van der Waals surface area (Å²) in [4.78, 5) is 37.2. The highest BCUT2D eigenvalue weighted by atomic mass is 35.5.